The first-order chi connectivity index (χ1) is 9.46. The molecule has 8 atom stereocenters. The summed E-state index contributed by atoms with van der Waals surface area (Å²) in [6.07, 6.45) is 2.72. The van der Waals surface area contributed by atoms with E-state index in [-0.39, 0.29) is 11.8 Å². The molecule has 5 fully saturated rings. The Morgan fingerprint density at radius 1 is 1.05 bits per heavy atom. The van der Waals surface area contributed by atoms with Crippen LogP contribution in [0.25, 0.3) is 0 Å². The molecule has 0 aromatic carbocycles. The largest absolute Gasteiger partial charge is 0.368 e. The van der Waals surface area contributed by atoms with Crippen LogP contribution in [0.15, 0.2) is 0 Å². The van der Waals surface area contributed by atoms with Crippen LogP contribution in [0.5, 0.6) is 0 Å². The fraction of sp³-hybridized carbons (Fsp3) is 1.00. The average Bonchev–Trinajstić information content (AvgIpc) is 2.63. The van der Waals surface area contributed by atoms with Crippen LogP contribution in [0.1, 0.15) is 46.5 Å². The fourth-order valence-electron chi connectivity index (χ4n) is 4.89. The van der Waals surface area contributed by atoms with Crippen LogP contribution < -0.4 is 0 Å². The van der Waals surface area contributed by atoms with E-state index in [1.54, 1.807) is 0 Å². The van der Waals surface area contributed by atoms with Gasteiger partial charge in [-0.25, -0.2) is 9.78 Å². The van der Waals surface area contributed by atoms with Crippen LogP contribution in [0, 0.1) is 23.7 Å². The Labute approximate surface area is 119 Å². The van der Waals surface area contributed by atoms with Crippen molar-refractivity contribution in [3.8, 4) is 0 Å². The molecular formula is C15H24O5. The molecule has 1 aliphatic carbocycles. The molecule has 0 aromatic rings. The molecule has 4 aliphatic heterocycles. The Morgan fingerprint density at radius 3 is 2.65 bits per heavy atom. The first kappa shape index (κ1) is 13.5. The number of ether oxygens (including phenoxy) is 2. The van der Waals surface area contributed by atoms with Gasteiger partial charge in [-0.2, -0.15) is 0 Å². The predicted molar refractivity (Wildman–Crippen MR) is 69.0 cm³/mol. The predicted octanol–water partition coefficient (Wildman–Crippen LogP) is 2.19. The quantitative estimate of drug-likeness (QED) is 0.691. The molecule has 5 rings (SSSR count). The van der Waals surface area contributed by atoms with Gasteiger partial charge in [0.1, 0.15) is 0 Å². The van der Waals surface area contributed by atoms with E-state index in [1.807, 2.05) is 13.8 Å². The summed E-state index contributed by atoms with van der Waals surface area (Å²) in [5, 5.41) is 10.2. The summed E-state index contributed by atoms with van der Waals surface area (Å²) in [5.74, 6) is 0.437. The summed E-state index contributed by atoms with van der Waals surface area (Å²) in [5.41, 5.74) is -0.549. The first-order valence-corrected chi connectivity index (χ1v) is 7.84. The minimum absolute atomic E-state index is 0.0379. The van der Waals surface area contributed by atoms with Crippen molar-refractivity contribution in [3.05, 3.63) is 0 Å². The molecule has 0 radical (unpaired) electrons. The third-order valence-electron chi connectivity index (χ3n) is 6.12. The molecule has 2 unspecified atom stereocenters. The van der Waals surface area contributed by atoms with Crippen molar-refractivity contribution in [1.82, 2.24) is 0 Å². The van der Waals surface area contributed by atoms with Crippen LogP contribution in [-0.2, 0) is 19.2 Å². The zero-order valence-electron chi connectivity index (χ0n) is 12.4. The Bertz CT molecular complexity index is 411. The molecule has 1 spiro atoms. The Kier molecular flexibility index (Phi) is 2.81. The Balaban J connectivity index is 1.82. The van der Waals surface area contributed by atoms with Crippen LogP contribution in [0.3, 0.4) is 0 Å². The molecule has 5 nitrogen and oxygen atoms in total. The molecule has 1 N–H and O–H groups in total. The van der Waals surface area contributed by atoms with E-state index in [4.69, 9.17) is 19.2 Å². The molecule has 1 saturated carbocycles. The van der Waals surface area contributed by atoms with Gasteiger partial charge in [0.2, 0.25) is 5.79 Å². The normalized spacial score (nSPS) is 61.8. The zero-order valence-corrected chi connectivity index (χ0v) is 12.4. The summed E-state index contributed by atoms with van der Waals surface area (Å²) in [7, 11) is 0. The monoisotopic (exact) mass is 284 g/mol. The van der Waals surface area contributed by atoms with E-state index in [9.17, 15) is 5.11 Å². The van der Waals surface area contributed by atoms with Crippen molar-refractivity contribution in [3.63, 3.8) is 0 Å². The number of rotatable bonds is 0. The van der Waals surface area contributed by atoms with Crippen molar-refractivity contribution in [1.29, 1.82) is 0 Å². The van der Waals surface area contributed by atoms with Gasteiger partial charge in [-0.05, 0) is 38.0 Å². The highest BCUT2D eigenvalue weighted by molar-refractivity contribution is 5.08. The second kappa shape index (κ2) is 4.17. The van der Waals surface area contributed by atoms with E-state index >= 15 is 0 Å². The maximum absolute atomic E-state index is 10.2. The molecule has 4 saturated heterocycles. The number of aliphatic hydroxyl groups is 1. The van der Waals surface area contributed by atoms with Crippen LogP contribution in [0.4, 0.5) is 0 Å². The SMILES string of the molecule is C[C@@H]1CC[C@H]2[C@@H](C)C(O)OC3O[C@]4(C)CC[C@@H]1[C@]32OO4. The van der Waals surface area contributed by atoms with E-state index in [1.165, 1.54) is 6.42 Å². The minimum Gasteiger partial charge on any atom is -0.368 e. The second-order valence-corrected chi connectivity index (χ2v) is 7.30. The first-order valence-electron chi connectivity index (χ1n) is 7.84. The number of fused-ring (bicyclic) bond motifs is 2. The lowest BCUT2D eigenvalue weighted by Gasteiger charge is -2.59. The average molecular weight is 284 g/mol. The van der Waals surface area contributed by atoms with Crippen LogP contribution >= 0.6 is 0 Å². The maximum atomic E-state index is 10.2. The number of hydrogen-bond acceptors (Lipinski definition) is 5. The lowest BCUT2D eigenvalue weighted by molar-refractivity contribution is -0.576. The molecule has 2 bridgehead atoms. The highest BCUT2D eigenvalue weighted by Crippen LogP contribution is 2.60. The van der Waals surface area contributed by atoms with Gasteiger partial charge in [0, 0.05) is 18.3 Å². The van der Waals surface area contributed by atoms with E-state index in [2.05, 4.69) is 6.92 Å². The highest BCUT2D eigenvalue weighted by atomic mass is 17.3. The summed E-state index contributed by atoms with van der Waals surface area (Å²) in [6.45, 7) is 6.22. The second-order valence-electron chi connectivity index (χ2n) is 7.30. The molecule has 20 heavy (non-hydrogen) atoms. The molecule has 114 valence electrons. The lowest BCUT2D eigenvalue weighted by atomic mass is 9.58. The van der Waals surface area contributed by atoms with Crippen LogP contribution in [-0.4, -0.2) is 29.1 Å². The van der Waals surface area contributed by atoms with E-state index in [0.717, 1.165) is 19.3 Å². The number of aliphatic hydroxyl groups excluding tert-OH is 1. The van der Waals surface area contributed by atoms with Crippen LogP contribution in [0.2, 0.25) is 0 Å². The lowest BCUT2D eigenvalue weighted by Crippen LogP contribution is -2.70. The maximum Gasteiger partial charge on any atom is 0.201 e. The third kappa shape index (κ3) is 1.56. The fourth-order valence-corrected chi connectivity index (χ4v) is 4.89. The summed E-state index contributed by atoms with van der Waals surface area (Å²) >= 11 is 0. The summed E-state index contributed by atoms with van der Waals surface area (Å²) in [6, 6.07) is 0. The van der Waals surface area contributed by atoms with Gasteiger partial charge in [-0.3, -0.25) is 0 Å². The highest BCUT2D eigenvalue weighted by Gasteiger charge is 2.69. The molecule has 4 heterocycles. The molecule has 5 aliphatic rings. The van der Waals surface area contributed by atoms with Gasteiger partial charge in [0.15, 0.2) is 18.2 Å². The van der Waals surface area contributed by atoms with E-state index < -0.39 is 24.0 Å². The van der Waals surface area contributed by atoms with Gasteiger partial charge in [-0.15, -0.1) is 0 Å². The van der Waals surface area contributed by atoms with Gasteiger partial charge < -0.3 is 14.6 Å². The van der Waals surface area contributed by atoms with Gasteiger partial charge in [0.05, 0.1) is 0 Å². The topological polar surface area (TPSA) is 57.2 Å². The van der Waals surface area contributed by atoms with Gasteiger partial charge >= 0.3 is 0 Å². The van der Waals surface area contributed by atoms with E-state index in [0.29, 0.717) is 11.8 Å². The molecule has 5 heteroatoms. The zero-order chi connectivity index (χ0) is 14.1. The van der Waals surface area contributed by atoms with Crippen molar-refractivity contribution < 1.29 is 24.4 Å². The standard InChI is InChI=1S/C15H24O5/c1-8-4-5-11-9(2)12(16)17-13-15(11)10(8)6-7-14(3,18-13)19-20-15/h8-13,16H,4-7H2,1-3H3/t8-,9-,10+,11+,12?,13?,14+,15-/m1/s1. The van der Waals surface area contributed by atoms with Crippen molar-refractivity contribution in [2.75, 3.05) is 0 Å². The summed E-state index contributed by atoms with van der Waals surface area (Å²) in [4.78, 5) is 11.6. The van der Waals surface area contributed by atoms with Crippen molar-refractivity contribution in [2.45, 2.75) is 70.4 Å². The third-order valence-corrected chi connectivity index (χ3v) is 6.12. The Morgan fingerprint density at radius 2 is 1.85 bits per heavy atom. The van der Waals surface area contributed by atoms with Crippen molar-refractivity contribution >= 4 is 0 Å². The minimum atomic E-state index is -0.781. The van der Waals surface area contributed by atoms with Gasteiger partial charge in [0.25, 0.3) is 0 Å². The van der Waals surface area contributed by atoms with Crippen molar-refractivity contribution in [2.24, 2.45) is 23.7 Å². The summed E-state index contributed by atoms with van der Waals surface area (Å²) < 4.78 is 11.9. The molecule has 0 amide bonds. The molecule has 0 aromatic heterocycles. The Hall–Kier alpha value is -0.200. The van der Waals surface area contributed by atoms with Gasteiger partial charge in [-0.1, -0.05) is 13.8 Å². The molecular weight excluding hydrogens is 260 g/mol. The smallest absolute Gasteiger partial charge is 0.201 e. The number of hydrogen-bond donors (Lipinski definition) is 1.